The van der Waals surface area contributed by atoms with E-state index in [2.05, 4.69) is 15.6 Å². The number of anilines is 3. The van der Waals surface area contributed by atoms with Crippen LogP contribution in [0.15, 0.2) is 60.8 Å². The zero-order valence-electron chi connectivity index (χ0n) is 13.4. The topological polar surface area (TPSA) is 54.0 Å². The van der Waals surface area contributed by atoms with E-state index < -0.39 is 5.82 Å². The lowest BCUT2D eigenvalue weighted by Gasteiger charge is -2.09. The highest BCUT2D eigenvalue weighted by atomic mass is 35.5. The van der Waals surface area contributed by atoms with E-state index in [1.54, 1.807) is 12.1 Å². The Kier molecular flexibility index (Phi) is 4.95. The molecule has 0 aliphatic rings. The monoisotopic (exact) mass is 355 g/mol. The average molecular weight is 356 g/mol. The van der Waals surface area contributed by atoms with E-state index in [0.717, 1.165) is 11.3 Å². The van der Waals surface area contributed by atoms with Crippen LogP contribution in [0.4, 0.5) is 21.6 Å². The molecule has 0 saturated carbocycles. The van der Waals surface area contributed by atoms with Crippen molar-refractivity contribution in [1.82, 2.24) is 4.98 Å². The maximum Gasteiger partial charge on any atom is 0.257 e. The molecule has 0 unspecified atom stereocenters. The number of amides is 1. The second-order valence-corrected chi connectivity index (χ2v) is 5.86. The quantitative estimate of drug-likeness (QED) is 0.678. The number of para-hydroxylation sites is 1. The molecular weight excluding hydrogens is 341 g/mol. The number of carbonyl (C=O) groups excluding carboxylic acids is 1. The highest BCUT2D eigenvalue weighted by molar-refractivity contribution is 6.31. The summed E-state index contributed by atoms with van der Waals surface area (Å²) in [5.74, 6) is -0.249. The van der Waals surface area contributed by atoms with Crippen molar-refractivity contribution < 1.29 is 9.18 Å². The Hall–Kier alpha value is -2.92. The summed E-state index contributed by atoms with van der Waals surface area (Å²) in [5, 5.41) is 5.81. The number of nitrogens with one attached hydrogen (secondary N) is 2. The Morgan fingerprint density at radius 3 is 2.60 bits per heavy atom. The normalized spacial score (nSPS) is 10.4. The smallest absolute Gasteiger partial charge is 0.257 e. The molecule has 0 aliphatic carbocycles. The molecule has 0 spiro atoms. The molecule has 0 saturated heterocycles. The van der Waals surface area contributed by atoms with Crippen molar-refractivity contribution in [1.29, 1.82) is 0 Å². The molecule has 0 bridgehead atoms. The van der Waals surface area contributed by atoms with Gasteiger partial charge in [-0.3, -0.25) is 4.79 Å². The summed E-state index contributed by atoms with van der Waals surface area (Å²) in [7, 11) is 0. The van der Waals surface area contributed by atoms with Crippen molar-refractivity contribution in [3.8, 4) is 0 Å². The van der Waals surface area contributed by atoms with Crippen LogP contribution in [0.3, 0.4) is 0 Å². The second-order valence-electron chi connectivity index (χ2n) is 5.46. The lowest BCUT2D eigenvalue weighted by molar-refractivity contribution is 0.102. The van der Waals surface area contributed by atoms with E-state index in [9.17, 15) is 9.18 Å². The summed E-state index contributed by atoms with van der Waals surface area (Å²) in [4.78, 5) is 16.5. The minimum absolute atomic E-state index is 0.0475. The molecule has 6 heteroatoms. The minimum Gasteiger partial charge on any atom is -0.340 e. The summed E-state index contributed by atoms with van der Waals surface area (Å²) >= 11 is 5.71. The van der Waals surface area contributed by atoms with Crippen LogP contribution < -0.4 is 10.6 Å². The van der Waals surface area contributed by atoms with Gasteiger partial charge in [0.15, 0.2) is 0 Å². The predicted octanol–water partition coefficient (Wildman–Crippen LogP) is 5.18. The third kappa shape index (κ3) is 4.14. The molecule has 3 rings (SSSR count). The van der Waals surface area contributed by atoms with Gasteiger partial charge in [-0.25, -0.2) is 9.37 Å². The lowest BCUT2D eigenvalue weighted by Crippen LogP contribution is -2.12. The Morgan fingerprint density at radius 1 is 1.12 bits per heavy atom. The molecule has 0 atom stereocenters. The van der Waals surface area contributed by atoms with Gasteiger partial charge in [0, 0.05) is 17.6 Å². The predicted molar refractivity (Wildman–Crippen MR) is 98.1 cm³/mol. The number of pyridine rings is 1. The molecule has 1 heterocycles. The van der Waals surface area contributed by atoms with Crippen LogP contribution >= 0.6 is 11.6 Å². The Balaban J connectivity index is 1.70. The average Bonchev–Trinajstić information content (AvgIpc) is 2.61. The first kappa shape index (κ1) is 16.9. The molecule has 2 N–H and O–H groups in total. The van der Waals surface area contributed by atoms with Crippen LogP contribution in [0.25, 0.3) is 0 Å². The molecule has 0 fully saturated rings. The number of aromatic nitrogens is 1. The molecule has 1 amide bonds. The standard InChI is InChI=1S/C19H15ClFN3O/c1-12-4-2-3-5-17(12)24-18-9-6-13(11-22-18)19(25)23-14-7-8-16(21)15(20)10-14/h2-11H,1H3,(H,22,24)(H,23,25). The van der Waals surface area contributed by atoms with Crippen LogP contribution in [-0.2, 0) is 0 Å². The van der Waals surface area contributed by atoms with Gasteiger partial charge in [0.2, 0.25) is 0 Å². The number of carbonyl (C=O) groups is 1. The zero-order chi connectivity index (χ0) is 17.8. The molecule has 2 aromatic carbocycles. The summed E-state index contributed by atoms with van der Waals surface area (Å²) in [6.45, 7) is 2.00. The van der Waals surface area contributed by atoms with Gasteiger partial charge in [0.05, 0.1) is 10.6 Å². The van der Waals surface area contributed by atoms with Crippen molar-refractivity contribution >= 4 is 34.7 Å². The van der Waals surface area contributed by atoms with Crippen LogP contribution in [0.5, 0.6) is 0 Å². The molecule has 0 radical (unpaired) electrons. The maximum atomic E-state index is 13.1. The molecule has 25 heavy (non-hydrogen) atoms. The third-order valence-electron chi connectivity index (χ3n) is 3.61. The van der Waals surface area contributed by atoms with Gasteiger partial charge < -0.3 is 10.6 Å². The second kappa shape index (κ2) is 7.32. The summed E-state index contributed by atoms with van der Waals surface area (Å²) in [6.07, 6.45) is 1.47. The first-order valence-electron chi connectivity index (χ1n) is 7.58. The van der Waals surface area contributed by atoms with Crippen LogP contribution in [0, 0.1) is 12.7 Å². The molecular formula is C19H15ClFN3O. The first-order chi connectivity index (χ1) is 12.0. The van der Waals surface area contributed by atoms with Crippen LogP contribution in [0.2, 0.25) is 5.02 Å². The van der Waals surface area contributed by atoms with E-state index in [1.807, 2.05) is 31.2 Å². The van der Waals surface area contributed by atoms with E-state index in [4.69, 9.17) is 11.6 Å². The van der Waals surface area contributed by atoms with Crippen LogP contribution in [-0.4, -0.2) is 10.9 Å². The third-order valence-corrected chi connectivity index (χ3v) is 3.90. The Bertz CT molecular complexity index is 913. The molecule has 3 aromatic rings. The fraction of sp³-hybridized carbons (Fsp3) is 0.0526. The number of rotatable bonds is 4. The molecule has 0 aliphatic heterocycles. The molecule has 4 nitrogen and oxygen atoms in total. The van der Waals surface area contributed by atoms with E-state index in [-0.39, 0.29) is 10.9 Å². The summed E-state index contributed by atoms with van der Waals surface area (Å²) in [6, 6.07) is 15.2. The van der Waals surface area contributed by atoms with Crippen molar-refractivity contribution in [3.05, 3.63) is 82.8 Å². The van der Waals surface area contributed by atoms with E-state index in [1.165, 1.54) is 24.4 Å². The Morgan fingerprint density at radius 2 is 1.92 bits per heavy atom. The summed E-state index contributed by atoms with van der Waals surface area (Å²) in [5.41, 5.74) is 2.85. The Labute approximate surface area is 149 Å². The number of hydrogen-bond donors (Lipinski definition) is 2. The van der Waals surface area contributed by atoms with Crippen molar-refractivity contribution in [3.63, 3.8) is 0 Å². The molecule has 1 aromatic heterocycles. The highest BCUT2D eigenvalue weighted by Gasteiger charge is 2.09. The fourth-order valence-electron chi connectivity index (χ4n) is 2.23. The fourth-order valence-corrected chi connectivity index (χ4v) is 2.41. The minimum atomic E-state index is -0.534. The van der Waals surface area contributed by atoms with Crippen molar-refractivity contribution in [2.45, 2.75) is 6.92 Å². The van der Waals surface area contributed by atoms with E-state index in [0.29, 0.717) is 17.1 Å². The van der Waals surface area contributed by atoms with Gasteiger partial charge in [-0.1, -0.05) is 29.8 Å². The number of hydrogen-bond acceptors (Lipinski definition) is 3. The lowest BCUT2D eigenvalue weighted by atomic mass is 10.2. The number of halogens is 2. The van der Waals surface area contributed by atoms with Gasteiger partial charge in [-0.2, -0.15) is 0 Å². The van der Waals surface area contributed by atoms with Crippen molar-refractivity contribution in [2.75, 3.05) is 10.6 Å². The SMILES string of the molecule is Cc1ccccc1Nc1ccc(C(=O)Nc2ccc(F)c(Cl)c2)cn1. The maximum absolute atomic E-state index is 13.1. The van der Waals surface area contributed by atoms with E-state index >= 15 is 0 Å². The van der Waals surface area contributed by atoms with Gasteiger partial charge in [-0.15, -0.1) is 0 Å². The molecule has 126 valence electrons. The van der Waals surface area contributed by atoms with Crippen LogP contribution in [0.1, 0.15) is 15.9 Å². The first-order valence-corrected chi connectivity index (χ1v) is 7.96. The van der Waals surface area contributed by atoms with Gasteiger partial charge in [0.25, 0.3) is 5.91 Å². The number of benzene rings is 2. The van der Waals surface area contributed by atoms with Gasteiger partial charge in [0.1, 0.15) is 11.6 Å². The largest absolute Gasteiger partial charge is 0.340 e. The number of nitrogens with zero attached hydrogens (tertiary/aromatic N) is 1. The van der Waals surface area contributed by atoms with Gasteiger partial charge in [-0.05, 0) is 48.9 Å². The zero-order valence-corrected chi connectivity index (χ0v) is 14.1. The number of aryl methyl sites for hydroxylation is 1. The van der Waals surface area contributed by atoms with Gasteiger partial charge >= 0.3 is 0 Å². The highest BCUT2D eigenvalue weighted by Crippen LogP contribution is 2.21. The van der Waals surface area contributed by atoms with Crippen molar-refractivity contribution in [2.24, 2.45) is 0 Å². The summed E-state index contributed by atoms with van der Waals surface area (Å²) < 4.78 is 13.1.